The second-order valence-electron chi connectivity index (χ2n) is 6.22. The summed E-state index contributed by atoms with van der Waals surface area (Å²) in [5.74, 6) is 1.54. The molecule has 3 heterocycles. The van der Waals surface area contributed by atoms with Crippen LogP contribution in [0.25, 0.3) is 0 Å². The summed E-state index contributed by atoms with van der Waals surface area (Å²) in [5.41, 5.74) is 0.490. The summed E-state index contributed by atoms with van der Waals surface area (Å²) >= 11 is 0. The fourth-order valence-corrected chi connectivity index (χ4v) is 3.06. The minimum Gasteiger partial charge on any atom is -0.422 e. The van der Waals surface area contributed by atoms with E-state index in [1.165, 1.54) is 6.20 Å². The Morgan fingerprint density at radius 3 is 2.88 bits per heavy atom. The Morgan fingerprint density at radius 2 is 2.12 bits per heavy atom. The van der Waals surface area contributed by atoms with Gasteiger partial charge in [-0.3, -0.25) is 4.79 Å². The highest BCUT2D eigenvalue weighted by molar-refractivity contribution is 5.94. The molecule has 0 radical (unpaired) electrons. The van der Waals surface area contributed by atoms with Crippen molar-refractivity contribution in [2.45, 2.75) is 25.7 Å². The molecule has 1 aliphatic heterocycles. The molecule has 0 bridgehead atoms. The van der Waals surface area contributed by atoms with E-state index in [9.17, 15) is 4.79 Å². The number of rotatable bonds is 4. The van der Waals surface area contributed by atoms with E-state index in [1.807, 2.05) is 30.3 Å². The summed E-state index contributed by atoms with van der Waals surface area (Å²) in [6.07, 6.45) is 3.19. The van der Waals surface area contributed by atoms with Crippen LogP contribution in [0.3, 0.4) is 0 Å². The lowest BCUT2D eigenvalue weighted by molar-refractivity contribution is 0.0694. The van der Waals surface area contributed by atoms with Crippen LogP contribution < -0.4 is 4.74 Å². The second kappa shape index (κ2) is 6.99. The average Bonchev–Trinajstić information content (AvgIpc) is 3.31. The molecule has 1 atom stereocenters. The highest BCUT2D eigenvalue weighted by Crippen LogP contribution is 2.29. The third kappa shape index (κ3) is 3.30. The van der Waals surface area contributed by atoms with Gasteiger partial charge in [0.1, 0.15) is 17.1 Å². The quantitative estimate of drug-likeness (QED) is 0.710. The Morgan fingerprint density at radius 1 is 1.27 bits per heavy atom. The van der Waals surface area contributed by atoms with Crippen molar-refractivity contribution >= 4 is 5.91 Å². The number of aryl methyl sites for hydroxylation is 1. The number of hydrogen-bond donors (Lipinski definition) is 0. The molecule has 0 unspecified atom stereocenters. The van der Waals surface area contributed by atoms with Gasteiger partial charge in [0.2, 0.25) is 5.89 Å². The molecule has 2 aromatic heterocycles. The van der Waals surface area contributed by atoms with E-state index in [2.05, 4.69) is 15.3 Å². The Balaban J connectivity index is 1.45. The van der Waals surface area contributed by atoms with Gasteiger partial charge in [-0.05, 0) is 37.1 Å². The van der Waals surface area contributed by atoms with E-state index in [4.69, 9.17) is 13.8 Å². The van der Waals surface area contributed by atoms with Gasteiger partial charge in [-0.2, -0.15) is 4.98 Å². The molecule has 1 amide bonds. The van der Waals surface area contributed by atoms with Gasteiger partial charge in [0.15, 0.2) is 0 Å². The molecule has 3 aromatic rings. The van der Waals surface area contributed by atoms with Gasteiger partial charge in [-0.15, -0.1) is 0 Å². The summed E-state index contributed by atoms with van der Waals surface area (Å²) < 4.78 is 15.9. The summed E-state index contributed by atoms with van der Waals surface area (Å²) in [5, 5.41) is 7.56. The average molecular weight is 354 g/mol. The largest absolute Gasteiger partial charge is 0.422 e. The molecule has 1 fully saturated rings. The molecule has 0 N–H and O–H groups in total. The van der Waals surface area contributed by atoms with E-state index in [0.29, 0.717) is 36.1 Å². The third-order valence-corrected chi connectivity index (χ3v) is 4.41. The number of hydrogen-bond acceptors (Lipinski definition) is 7. The van der Waals surface area contributed by atoms with Crippen LogP contribution in [-0.2, 0) is 0 Å². The zero-order valence-corrected chi connectivity index (χ0v) is 14.3. The van der Waals surface area contributed by atoms with Crippen molar-refractivity contribution in [1.29, 1.82) is 0 Å². The predicted molar refractivity (Wildman–Crippen MR) is 89.9 cm³/mol. The van der Waals surface area contributed by atoms with Crippen molar-refractivity contribution in [2.24, 2.45) is 0 Å². The Labute approximate surface area is 149 Å². The van der Waals surface area contributed by atoms with Crippen molar-refractivity contribution in [3.05, 3.63) is 53.7 Å². The number of carbonyl (C=O) groups excluding carboxylic acids is 1. The molecule has 1 aromatic carbocycles. The van der Waals surface area contributed by atoms with Crippen LogP contribution in [0, 0.1) is 6.92 Å². The van der Waals surface area contributed by atoms with E-state index in [0.717, 1.165) is 12.8 Å². The number of piperidine rings is 1. The lowest BCUT2D eigenvalue weighted by Gasteiger charge is -2.30. The highest BCUT2D eigenvalue weighted by Gasteiger charge is 2.30. The second-order valence-corrected chi connectivity index (χ2v) is 6.22. The topological polar surface area (TPSA) is 94.5 Å². The maximum atomic E-state index is 12.6. The van der Waals surface area contributed by atoms with E-state index < -0.39 is 0 Å². The summed E-state index contributed by atoms with van der Waals surface area (Å²) in [7, 11) is 0. The van der Waals surface area contributed by atoms with Gasteiger partial charge >= 0.3 is 6.01 Å². The number of ether oxygens (including phenoxy) is 1. The number of carbonyl (C=O) groups is 1. The lowest BCUT2D eigenvalue weighted by atomic mass is 9.97. The predicted octanol–water partition coefficient (Wildman–Crippen LogP) is 3.18. The smallest absolute Gasteiger partial charge is 0.359 e. The van der Waals surface area contributed by atoms with Crippen molar-refractivity contribution in [3.63, 3.8) is 0 Å². The minimum absolute atomic E-state index is 0.0199. The first-order valence-corrected chi connectivity index (χ1v) is 8.48. The standard InChI is InChI=1S/C18H18N4O4/c1-12-15(10-19-25-12)17(23)22-9-5-6-13(11-22)16-20-18(21-26-16)24-14-7-3-2-4-8-14/h2-4,7-8,10,13H,5-6,9,11H2,1H3/t13-/m0/s1. The molecule has 0 saturated carbocycles. The molecule has 0 spiro atoms. The van der Waals surface area contributed by atoms with Crippen molar-refractivity contribution in [3.8, 4) is 11.8 Å². The molecule has 0 aliphatic carbocycles. The van der Waals surface area contributed by atoms with Crippen LogP contribution in [0.2, 0.25) is 0 Å². The highest BCUT2D eigenvalue weighted by atomic mass is 16.6. The molecule has 1 saturated heterocycles. The van der Waals surface area contributed by atoms with Crippen molar-refractivity contribution < 1.29 is 18.6 Å². The Bertz CT molecular complexity index is 890. The third-order valence-electron chi connectivity index (χ3n) is 4.41. The maximum absolute atomic E-state index is 12.6. The van der Waals surface area contributed by atoms with Gasteiger partial charge < -0.3 is 18.7 Å². The maximum Gasteiger partial charge on any atom is 0.359 e. The van der Waals surface area contributed by atoms with Crippen LogP contribution in [0.4, 0.5) is 0 Å². The SMILES string of the molecule is Cc1oncc1C(=O)N1CCC[C@H](c2nc(Oc3ccccc3)no2)C1. The molecule has 134 valence electrons. The van der Waals surface area contributed by atoms with Crippen LogP contribution in [0.15, 0.2) is 45.6 Å². The summed E-state index contributed by atoms with van der Waals surface area (Å²) in [6, 6.07) is 9.45. The minimum atomic E-state index is -0.0891. The molecule has 1 aliphatic rings. The molecule has 26 heavy (non-hydrogen) atoms. The first-order valence-electron chi connectivity index (χ1n) is 8.48. The van der Waals surface area contributed by atoms with Crippen molar-refractivity contribution in [1.82, 2.24) is 20.2 Å². The van der Waals surface area contributed by atoms with E-state index in [1.54, 1.807) is 11.8 Å². The van der Waals surface area contributed by atoms with Crippen molar-refractivity contribution in [2.75, 3.05) is 13.1 Å². The monoisotopic (exact) mass is 354 g/mol. The van der Waals surface area contributed by atoms with Gasteiger partial charge in [0.05, 0.1) is 12.1 Å². The van der Waals surface area contributed by atoms with Crippen LogP contribution >= 0.6 is 0 Å². The first kappa shape index (κ1) is 16.3. The van der Waals surface area contributed by atoms with Gasteiger partial charge in [-0.1, -0.05) is 23.4 Å². The van der Waals surface area contributed by atoms with Gasteiger partial charge in [0.25, 0.3) is 5.91 Å². The first-order chi connectivity index (χ1) is 12.7. The molecule has 8 heteroatoms. The number of aromatic nitrogens is 3. The number of amides is 1. The normalized spacial score (nSPS) is 17.3. The zero-order valence-electron chi connectivity index (χ0n) is 14.3. The molecular formula is C18H18N4O4. The number of likely N-dealkylation sites (tertiary alicyclic amines) is 1. The van der Waals surface area contributed by atoms with E-state index in [-0.39, 0.29) is 17.8 Å². The Hall–Kier alpha value is -3.16. The summed E-state index contributed by atoms with van der Waals surface area (Å²) in [4.78, 5) is 18.7. The fraction of sp³-hybridized carbons (Fsp3) is 0.333. The lowest BCUT2D eigenvalue weighted by Crippen LogP contribution is -2.39. The van der Waals surface area contributed by atoms with Crippen LogP contribution in [0.5, 0.6) is 11.8 Å². The van der Waals surface area contributed by atoms with Crippen LogP contribution in [0.1, 0.15) is 40.8 Å². The van der Waals surface area contributed by atoms with Crippen LogP contribution in [-0.4, -0.2) is 39.2 Å². The fourth-order valence-electron chi connectivity index (χ4n) is 3.06. The number of para-hydroxylation sites is 1. The number of benzene rings is 1. The zero-order chi connectivity index (χ0) is 17.9. The van der Waals surface area contributed by atoms with Gasteiger partial charge in [-0.25, -0.2) is 0 Å². The summed E-state index contributed by atoms with van der Waals surface area (Å²) in [6.45, 7) is 2.92. The van der Waals surface area contributed by atoms with Gasteiger partial charge in [0, 0.05) is 13.1 Å². The Kier molecular flexibility index (Phi) is 4.39. The molecule has 8 nitrogen and oxygen atoms in total. The molecular weight excluding hydrogens is 336 g/mol. The number of nitrogens with zero attached hydrogens (tertiary/aromatic N) is 4. The van der Waals surface area contributed by atoms with E-state index >= 15 is 0 Å². The molecule has 4 rings (SSSR count).